The molecule has 27 heavy (non-hydrogen) atoms. The molecule has 0 unspecified atom stereocenters. The van der Waals surface area contributed by atoms with Crippen LogP contribution in [0.4, 0.5) is 0 Å². The number of nitrogens with zero attached hydrogens (tertiary/aromatic N) is 1. The van der Waals surface area contributed by atoms with Gasteiger partial charge in [0.2, 0.25) is 17.8 Å². The second-order valence-corrected chi connectivity index (χ2v) is 6.55. The number of carbonyl (C=O) groups is 2. The van der Waals surface area contributed by atoms with E-state index in [9.17, 15) is 9.59 Å². The van der Waals surface area contributed by atoms with Gasteiger partial charge in [-0.05, 0) is 36.2 Å². The first-order chi connectivity index (χ1) is 13.1. The van der Waals surface area contributed by atoms with Crippen LogP contribution in [0.25, 0.3) is 0 Å². The molecule has 1 aliphatic heterocycles. The van der Waals surface area contributed by atoms with Gasteiger partial charge in [0.25, 0.3) is 0 Å². The van der Waals surface area contributed by atoms with Gasteiger partial charge in [0, 0.05) is 11.4 Å². The largest absolute Gasteiger partial charge is 0.494 e. The van der Waals surface area contributed by atoms with E-state index in [1.807, 2.05) is 42.5 Å². The third kappa shape index (κ3) is 5.82. The number of nitrogens with one attached hydrogen (secondary N) is 2. The summed E-state index contributed by atoms with van der Waals surface area (Å²) in [5, 5.41) is 5.87. The Morgan fingerprint density at radius 2 is 1.93 bits per heavy atom. The van der Waals surface area contributed by atoms with Gasteiger partial charge in [-0.2, -0.15) is 0 Å². The van der Waals surface area contributed by atoms with Crippen molar-refractivity contribution in [3.63, 3.8) is 0 Å². The molecular formula is C20H20ClN3O3. The van der Waals surface area contributed by atoms with Crippen molar-refractivity contribution in [3.8, 4) is 5.75 Å². The summed E-state index contributed by atoms with van der Waals surface area (Å²) in [7, 11) is 0. The van der Waals surface area contributed by atoms with Crippen molar-refractivity contribution in [3.05, 3.63) is 65.2 Å². The number of hydrogen-bond acceptors (Lipinski definition) is 4. The summed E-state index contributed by atoms with van der Waals surface area (Å²) >= 11 is 5.89. The highest BCUT2D eigenvalue weighted by atomic mass is 35.5. The maximum Gasteiger partial charge on any atom is 0.229 e. The van der Waals surface area contributed by atoms with E-state index in [1.54, 1.807) is 12.1 Å². The highest BCUT2D eigenvalue weighted by Gasteiger charge is 2.23. The Hall–Kier alpha value is -2.86. The van der Waals surface area contributed by atoms with Gasteiger partial charge >= 0.3 is 0 Å². The zero-order valence-corrected chi connectivity index (χ0v) is 15.4. The molecule has 0 aliphatic carbocycles. The zero-order chi connectivity index (χ0) is 19.1. The summed E-state index contributed by atoms with van der Waals surface area (Å²) in [6, 6.07) is 16.3. The molecule has 0 bridgehead atoms. The van der Waals surface area contributed by atoms with Gasteiger partial charge in [-0.15, -0.1) is 0 Å². The highest BCUT2D eigenvalue weighted by Crippen LogP contribution is 2.24. The molecule has 0 radical (unpaired) electrons. The van der Waals surface area contributed by atoms with E-state index < -0.39 is 0 Å². The van der Waals surface area contributed by atoms with Crippen molar-refractivity contribution < 1.29 is 14.3 Å². The molecule has 2 amide bonds. The number of para-hydroxylation sites is 1. The van der Waals surface area contributed by atoms with Crippen molar-refractivity contribution in [1.82, 2.24) is 10.6 Å². The fourth-order valence-electron chi connectivity index (χ4n) is 2.67. The maximum absolute atomic E-state index is 12.1. The number of amides is 2. The van der Waals surface area contributed by atoms with E-state index >= 15 is 0 Å². The van der Waals surface area contributed by atoms with Gasteiger partial charge in [0.15, 0.2) is 0 Å². The SMILES string of the molecule is O=C(CCCOc1ccccc1)NC1=N[C@H](c2ccc(Cl)cc2)CC(=O)N1. The number of hydrogen-bond donors (Lipinski definition) is 2. The van der Waals surface area contributed by atoms with Crippen molar-refractivity contribution in [2.24, 2.45) is 4.99 Å². The molecule has 0 saturated carbocycles. The quantitative estimate of drug-likeness (QED) is 0.749. The van der Waals surface area contributed by atoms with Crippen LogP contribution in [-0.4, -0.2) is 24.4 Å². The van der Waals surface area contributed by atoms with Crippen molar-refractivity contribution in [2.75, 3.05) is 6.61 Å². The lowest BCUT2D eigenvalue weighted by Gasteiger charge is -2.21. The van der Waals surface area contributed by atoms with Gasteiger partial charge in [-0.3, -0.25) is 20.2 Å². The fraction of sp³-hybridized carbons (Fsp3) is 0.250. The number of aliphatic imine (C=N–C) groups is 1. The van der Waals surface area contributed by atoms with E-state index in [0.29, 0.717) is 18.1 Å². The molecule has 2 aromatic rings. The molecule has 0 aromatic heterocycles. The second kappa shape index (κ2) is 9.19. The molecule has 3 rings (SSSR count). The lowest BCUT2D eigenvalue weighted by molar-refractivity contribution is -0.120. The summed E-state index contributed by atoms with van der Waals surface area (Å²) in [5.74, 6) is 0.544. The minimum Gasteiger partial charge on any atom is -0.494 e. The zero-order valence-electron chi connectivity index (χ0n) is 14.7. The van der Waals surface area contributed by atoms with Crippen molar-refractivity contribution in [2.45, 2.75) is 25.3 Å². The van der Waals surface area contributed by atoms with Crippen LogP contribution < -0.4 is 15.4 Å². The number of ether oxygens (including phenoxy) is 1. The number of carbonyl (C=O) groups excluding carboxylic acids is 2. The second-order valence-electron chi connectivity index (χ2n) is 6.11. The first-order valence-electron chi connectivity index (χ1n) is 8.71. The Labute approximate surface area is 162 Å². The Morgan fingerprint density at radius 3 is 2.67 bits per heavy atom. The summed E-state index contributed by atoms with van der Waals surface area (Å²) in [5.41, 5.74) is 0.872. The number of guanidine groups is 1. The van der Waals surface area contributed by atoms with Crippen LogP contribution in [0.2, 0.25) is 5.02 Å². The summed E-state index contributed by atoms with van der Waals surface area (Å²) in [6.07, 6.45) is 1.06. The average Bonchev–Trinajstić information content (AvgIpc) is 2.66. The van der Waals surface area contributed by atoms with Gasteiger partial charge < -0.3 is 4.74 Å². The first kappa shape index (κ1) is 18.9. The van der Waals surface area contributed by atoms with Crippen LogP contribution in [0.5, 0.6) is 5.75 Å². The van der Waals surface area contributed by atoms with Crippen LogP contribution in [0.15, 0.2) is 59.6 Å². The summed E-state index contributed by atoms with van der Waals surface area (Å²) in [4.78, 5) is 28.5. The Bertz CT molecular complexity index is 822. The molecule has 0 spiro atoms. The Kier molecular flexibility index (Phi) is 6.44. The minimum atomic E-state index is -0.340. The molecule has 2 aromatic carbocycles. The molecular weight excluding hydrogens is 366 g/mol. The fourth-order valence-corrected chi connectivity index (χ4v) is 2.79. The normalized spacial score (nSPS) is 16.3. The van der Waals surface area contributed by atoms with E-state index in [2.05, 4.69) is 15.6 Å². The Balaban J connectivity index is 1.50. The minimum absolute atomic E-state index is 0.181. The maximum atomic E-state index is 12.1. The lowest BCUT2D eigenvalue weighted by Crippen LogP contribution is -2.47. The predicted octanol–water partition coefficient (Wildman–Crippen LogP) is 3.23. The van der Waals surface area contributed by atoms with E-state index in [1.165, 1.54) is 0 Å². The molecule has 1 heterocycles. The molecule has 0 saturated heterocycles. The molecule has 1 aliphatic rings. The van der Waals surface area contributed by atoms with Crippen molar-refractivity contribution >= 4 is 29.4 Å². The van der Waals surface area contributed by atoms with Gasteiger partial charge in [-0.1, -0.05) is 41.9 Å². The van der Waals surface area contributed by atoms with Crippen LogP contribution in [-0.2, 0) is 9.59 Å². The topological polar surface area (TPSA) is 79.8 Å². The molecule has 6 nitrogen and oxygen atoms in total. The standard InChI is InChI=1S/C20H20ClN3O3/c21-15-10-8-14(9-11-15)17-13-19(26)24-20(22-17)23-18(25)7-4-12-27-16-5-2-1-3-6-16/h1-3,5-6,8-11,17H,4,7,12-13H2,(H2,22,23,24,25,26)/t17-/m0/s1. The van der Waals surface area contributed by atoms with Crippen LogP contribution in [0, 0.1) is 0 Å². The molecule has 2 N–H and O–H groups in total. The third-order valence-electron chi connectivity index (χ3n) is 3.99. The predicted molar refractivity (Wildman–Crippen MR) is 104 cm³/mol. The number of halogens is 1. The van der Waals surface area contributed by atoms with Gasteiger partial charge in [0.05, 0.1) is 19.1 Å². The van der Waals surface area contributed by atoms with E-state index in [0.717, 1.165) is 11.3 Å². The van der Waals surface area contributed by atoms with E-state index in [-0.39, 0.29) is 36.7 Å². The van der Waals surface area contributed by atoms with Gasteiger partial charge in [-0.25, -0.2) is 4.99 Å². The van der Waals surface area contributed by atoms with Crippen LogP contribution >= 0.6 is 11.6 Å². The number of benzene rings is 2. The van der Waals surface area contributed by atoms with Crippen LogP contribution in [0.3, 0.4) is 0 Å². The lowest BCUT2D eigenvalue weighted by atomic mass is 10.0. The monoisotopic (exact) mass is 385 g/mol. The molecule has 140 valence electrons. The Morgan fingerprint density at radius 1 is 1.19 bits per heavy atom. The summed E-state index contributed by atoms with van der Waals surface area (Å²) < 4.78 is 5.56. The van der Waals surface area contributed by atoms with Gasteiger partial charge in [0.1, 0.15) is 5.75 Å². The third-order valence-corrected chi connectivity index (χ3v) is 4.25. The highest BCUT2D eigenvalue weighted by molar-refractivity contribution is 6.30. The van der Waals surface area contributed by atoms with E-state index in [4.69, 9.17) is 16.3 Å². The summed E-state index contributed by atoms with van der Waals surface area (Å²) in [6.45, 7) is 0.434. The molecule has 0 fully saturated rings. The number of rotatable bonds is 6. The molecule has 7 heteroatoms. The van der Waals surface area contributed by atoms with Crippen LogP contribution in [0.1, 0.15) is 30.9 Å². The smallest absolute Gasteiger partial charge is 0.229 e. The first-order valence-corrected chi connectivity index (χ1v) is 9.09. The van der Waals surface area contributed by atoms with Crippen molar-refractivity contribution in [1.29, 1.82) is 0 Å². The average molecular weight is 386 g/mol. The molecule has 1 atom stereocenters.